The fraction of sp³-hybridized carbons (Fsp3) is 0.480. The average molecular weight is 382 g/mol. The molecule has 1 unspecified atom stereocenters. The molecule has 0 radical (unpaired) electrons. The van der Waals surface area contributed by atoms with Crippen molar-refractivity contribution in [1.82, 2.24) is 4.90 Å². The van der Waals surface area contributed by atoms with Crippen LogP contribution in [0, 0.1) is 0 Å². The molecule has 0 amide bonds. The van der Waals surface area contributed by atoms with Crippen LogP contribution in [0.2, 0.25) is 0 Å². The van der Waals surface area contributed by atoms with E-state index in [1.165, 1.54) is 11.1 Å². The van der Waals surface area contributed by atoms with Crippen LogP contribution >= 0.6 is 0 Å². The fourth-order valence-corrected chi connectivity index (χ4v) is 3.59. The van der Waals surface area contributed by atoms with Gasteiger partial charge in [-0.1, -0.05) is 74.0 Å². The lowest BCUT2D eigenvalue weighted by molar-refractivity contribution is -0.156. The highest BCUT2D eigenvalue weighted by Gasteiger charge is 2.28. The molecule has 0 spiro atoms. The monoisotopic (exact) mass is 381 g/mol. The van der Waals surface area contributed by atoms with Gasteiger partial charge in [-0.15, -0.1) is 0 Å². The highest BCUT2D eigenvalue weighted by Crippen LogP contribution is 2.28. The Morgan fingerprint density at radius 3 is 2.11 bits per heavy atom. The Morgan fingerprint density at radius 2 is 1.57 bits per heavy atom. The Labute approximate surface area is 170 Å². The maximum absolute atomic E-state index is 12.6. The minimum absolute atomic E-state index is 0.121. The molecule has 0 saturated carbocycles. The zero-order valence-corrected chi connectivity index (χ0v) is 18.0. The van der Waals surface area contributed by atoms with Gasteiger partial charge >= 0.3 is 5.97 Å². The van der Waals surface area contributed by atoms with E-state index in [9.17, 15) is 4.79 Å². The first-order valence-corrected chi connectivity index (χ1v) is 10.4. The second-order valence-electron chi connectivity index (χ2n) is 8.48. The van der Waals surface area contributed by atoms with Crippen LogP contribution in [0.3, 0.4) is 0 Å². The second-order valence-corrected chi connectivity index (χ2v) is 8.48. The maximum Gasteiger partial charge on any atom is 0.307 e. The van der Waals surface area contributed by atoms with E-state index in [-0.39, 0.29) is 18.1 Å². The van der Waals surface area contributed by atoms with Crippen LogP contribution in [-0.2, 0) is 16.1 Å². The van der Waals surface area contributed by atoms with Crippen LogP contribution in [0.25, 0.3) is 0 Å². The Kier molecular flexibility index (Phi) is 8.25. The smallest absolute Gasteiger partial charge is 0.307 e. The van der Waals surface area contributed by atoms with Crippen molar-refractivity contribution in [3.63, 3.8) is 0 Å². The van der Waals surface area contributed by atoms with E-state index in [2.05, 4.69) is 67.3 Å². The van der Waals surface area contributed by atoms with E-state index >= 15 is 0 Å². The number of esters is 1. The molecule has 3 nitrogen and oxygen atoms in total. The third kappa shape index (κ3) is 7.12. The Bertz CT molecular complexity index is 706. The number of rotatable bonds is 9. The van der Waals surface area contributed by atoms with Crippen molar-refractivity contribution in [1.29, 1.82) is 0 Å². The molecule has 0 aliphatic heterocycles. The van der Waals surface area contributed by atoms with Gasteiger partial charge in [0.05, 0.1) is 6.42 Å². The standard InChI is InChI=1S/C25H35NO2/c1-6-13-23(18-24(27)28-25(3,4)5)26(19-21-14-9-7-10-15-21)20(2)22-16-11-8-12-17-22/h7-12,14-17,20,23H,6,13,18-19H2,1-5H3/t20-,23?/m1/s1. The summed E-state index contributed by atoms with van der Waals surface area (Å²) >= 11 is 0. The van der Waals surface area contributed by atoms with Gasteiger partial charge < -0.3 is 4.74 Å². The summed E-state index contributed by atoms with van der Waals surface area (Å²) < 4.78 is 5.63. The first-order valence-electron chi connectivity index (χ1n) is 10.4. The molecule has 152 valence electrons. The largest absolute Gasteiger partial charge is 0.460 e. The lowest BCUT2D eigenvalue weighted by Gasteiger charge is -2.37. The average Bonchev–Trinajstić information content (AvgIpc) is 2.65. The first-order chi connectivity index (χ1) is 13.3. The van der Waals surface area contributed by atoms with Gasteiger partial charge in [0.15, 0.2) is 0 Å². The molecule has 0 bridgehead atoms. The molecule has 2 rings (SSSR count). The number of hydrogen-bond donors (Lipinski definition) is 0. The predicted molar refractivity (Wildman–Crippen MR) is 116 cm³/mol. The summed E-state index contributed by atoms with van der Waals surface area (Å²) in [5, 5.41) is 0. The molecule has 0 aliphatic rings. The minimum Gasteiger partial charge on any atom is -0.460 e. The molecule has 28 heavy (non-hydrogen) atoms. The third-order valence-electron chi connectivity index (χ3n) is 4.90. The van der Waals surface area contributed by atoms with Crippen molar-refractivity contribution in [2.45, 2.75) is 78.1 Å². The molecule has 0 N–H and O–H groups in total. The molecular formula is C25H35NO2. The molecule has 0 fully saturated rings. The molecule has 2 aromatic rings. The maximum atomic E-state index is 12.6. The van der Waals surface area contributed by atoms with E-state index in [1.54, 1.807) is 0 Å². The van der Waals surface area contributed by atoms with E-state index < -0.39 is 5.60 Å². The highest BCUT2D eigenvalue weighted by molar-refractivity contribution is 5.70. The summed E-state index contributed by atoms with van der Waals surface area (Å²) in [6, 6.07) is 21.4. The number of carbonyl (C=O) groups is 1. The molecule has 0 heterocycles. The Morgan fingerprint density at radius 1 is 1.00 bits per heavy atom. The normalized spacial score (nSPS) is 13.9. The SMILES string of the molecule is CCCC(CC(=O)OC(C)(C)C)N(Cc1ccccc1)[C@H](C)c1ccccc1. The van der Waals surface area contributed by atoms with Crippen LogP contribution < -0.4 is 0 Å². The van der Waals surface area contributed by atoms with Crippen molar-refractivity contribution in [2.75, 3.05) is 0 Å². The van der Waals surface area contributed by atoms with Crippen molar-refractivity contribution < 1.29 is 9.53 Å². The molecule has 0 saturated heterocycles. The highest BCUT2D eigenvalue weighted by atomic mass is 16.6. The van der Waals surface area contributed by atoms with Gasteiger partial charge in [-0.25, -0.2) is 0 Å². The van der Waals surface area contributed by atoms with Crippen LogP contribution in [-0.4, -0.2) is 22.5 Å². The predicted octanol–water partition coefficient (Wildman–Crippen LogP) is 6.15. The summed E-state index contributed by atoms with van der Waals surface area (Å²) in [5.74, 6) is -0.121. The Hall–Kier alpha value is -2.13. The van der Waals surface area contributed by atoms with E-state index in [1.807, 2.05) is 32.9 Å². The van der Waals surface area contributed by atoms with Gasteiger partial charge in [-0.05, 0) is 45.2 Å². The lowest BCUT2D eigenvalue weighted by Crippen LogP contribution is -2.39. The number of nitrogens with zero attached hydrogens (tertiary/aromatic N) is 1. The lowest BCUT2D eigenvalue weighted by atomic mass is 9.99. The molecule has 0 aliphatic carbocycles. The summed E-state index contributed by atoms with van der Waals surface area (Å²) in [6.07, 6.45) is 2.40. The first kappa shape index (κ1) is 22.2. The summed E-state index contributed by atoms with van der Waals surface area (Å²) in [5.41, 5.74) is 2.07. The number of benzene rings is 2. The van der Waals surface area contributed by atoms with Gasteiger partial charge in [0.2, 0.25) is 0 Å². The van der Waals surface area contributed by atoms with Crippen molar-refractivity contribution >= 4 is 5.97 Å². The Balaban J connectivity index is 2.28. The van der Waals surface area contributed by atoms with Crippen molar-refractivity contribution in [2.24, 2.45) is 0 Å². The van der Waals surface area contributed by atoms with Crippen LogP contribution in [0.5, 0.6) is 0 Å². The molecule has 0 aromatic heterocycles. The molecule has 3 heteroatoms. The van der Waals surface area contributed by atoms with Gasteiger partial charge in [0.25, 0.3) is 0 Å². The van der Waals surface area contributed by atoms with Crippen molar-refractivity contribution in [3.8, 4) is 0 Å². The van der Waals surface area contributed by atoms with Gasteiger partial charge in [-0.3, -0.25) is 9.69 Å². The zero-order chi connectivity index (χ0) is 20.6. The second kappa shape index (κ2) is 10.4. The van der Waals surface area contributed by atoms with E-state index in [0.717, 1.165) is 19.4 Å². The summed E-state index contributed by atoms with van der Waals surface area (Å²) in [7, 11) is 0. The topological polar surface area (TPSA) is 29.5 Å². The van der Waals surface area contributed by atoms with Crippen molar-refractivity contribution in [3.05, 3.63) is 71.8 Å². The quantitative estimate of drug-likeness (QED) is 0.488. The van der Waals surface area contributed by atoms with Gasteiger partial charge in [0, 0.05) is 18.6 Å². The third-order valence-corrected chi connectivity index (χ3v) is 4.90. The number of hydrogen-bond acceptors (Lipinski definition) is 3. The van der Waals surface area contributed by atoms with Crippen LogP contribution in [0.4, 0.5) is 0 Å². The van der Waals surface area contributed by atoms with Gasteiger partial charge in [-0.2, -0.15) is 0 Å². The zero-order valence-electron chi connectivity index (χ0n) is 18.0. The summed E-state index contributed by atoms with van der Waals surface area (Å²) in [6.45, 7) is 11.0. The van der Waals surface area contributed by atoms with Gasteiger partial charge in [0.1, 0.15) is 5.60 Å². The molecule has 2 aromatic carbocycles. The molecule has 2 atom stereocenters. The van der Waals surface area contributed by atoms with E-state index in [4.69, 9.17) is 4.74 Å². The van der Waals surface area contributed by atoms with E-state index in [0.29, 0.717) is 6.42 Å². The van der Waals surface area contributed by atoms with Crippen LogP contribution in [0.1, 0.15) is 71.0 Å². The summed E-state index contributed by atoms with van der Waals surface area (Å²) in [4.78, 5) is 15.1. The number of ether oxygens (including phenoxy) is 1. The van der Waals surface area contributed by atoms with Crippen LogP contribution in [0.15, 0.2) is 60.7 Å². The fourth-order valence-electron chi connectivity index (χ4n) is 3.59. The molecular weight excluding hydrogens is 346 g/mol. The number of carbonyl (C=O) groups excluding carboxylic acids is 1. The minimum atomic E-state index is -0.455.